The van der Waals surface area contributed by atoms with Crippen LogP contribution in [0.3, 0.4) is 0 Å². The van der Waals surface area contributed by atoms with Crippen LogP contribution in [0.4, 0.5) is 5.69 Å². The summed E-state index contributed by atoms with van der Waals surface area (Å²) in [7, 11) is 0. The zero-order valence-electron chi connectivity index (χ0n) is 16.6. The van der Waals surface area contributed by atoms with Gasteiger partial charge in [-0.05, 0) is 49.2 Å². The third-order valence-corrected chi connectivity index (χ3v) is 6.14. The normalized spacial score (nSPS) is 11.3. The number of amides is 1. The molecular formula is C21H20BrN5O2S. The standard InChI is InChI=1S/C21H20BrN5O2S/c1-3-10-26-19(29)15-6-4-5-7-17(15)27-20(26)24-25-21(27)30-12-18(28)23-16-9-8-14(22)11-13(16)2/h4-9,11H,3,10,12H2,1-2H3,(H,23,28). The lowest BCUT2D eigenvalue weighted by atomic mass is 10.2. The molecule has 0 aliphatic heterocycles. The number of halogens is 1. The molecule has 0 aliphatic rings. The molecule has 154 valence electrons. The molecule has 2 heterocycles. The SMILES string of the molecule is CCCn1c(=O)c2ccccc2n2c(SCC(=O)Nc3ccc(Br)cc3C)nnc12. The van der Waals surface area contributed by atoms with Gasteiger partial charge in [-0.25, -0.2) is 0 Å². The van der Waals surface area contributed by atoms with E-state index in [1.807, 2.05) is 54.6 Å². The first-order valence-electron chi connectivity index (χ1n) is 9.55. The fourth-order valence-corrected chi connectivity index (χ4v) is 4.55. The Bertz CT molecular complexity index is 1310. The van der Waals surface area contributed by atoms with Gasteiger partial charge in [0.05, 0.1) is 16.7 Å². The molecule has 1 N–H and O–H groups in total. The van der Waals surface area contributed by atoms with Crippen LogP contribution in [-0.2, 0) is 11.3 Å². The molecule has 0 bridgehead atoms. The van der Waals surface area contributed by atoms with Crippen molar-refractivity contribution < 1.29 is 4.79 Å². The first-order chi connectivity index (χ1) is 14.5. The van der Waals surface area contributed by atoms with Gasteiger partial charge in [-0.2, -0.15) is 0 Å². The molecule has 4 rings (SSSR count). The highest BCUT2D eigenvalue weighted by atomic mass is 79.9. The Morgan fingerprint density at radius 2 is 2.00 bits per heavy atom. The Hall–Kier alpha value is -2.65. The van der Waals surface area contributed by atoms with Gasteiger partial charge in [0, 0.05) is 16.7 Å². The Labute approximate surface area is 185 Å². The number of nitrogens with one attached hydrogen (secondary N) is 1. The summed E-state index contributed by atoms with van der Waals surface area (Å²) in [5.41, 5.74) is 2.41. The second-order valence-corrected chi connectivity index (χ2v) is 8.75. The van der Waals surface area contributed by atoms with Crippen LogP contribution in [0, 0.1) is 6.92 Å². The van der Waals surface area contributed by atoms with Crippen molar-refractivity contribution in [3.8, 4) is 0 Å². The fraction of sp³-hybridized carbons (Fsp3) is 0.238. The van der Waals surface area contributed by atoms with Gasteiger partial charge in [0.15, 0.2) is 5.16 Å². The molecule has 9 heteroatoms. The lowest BCUT2D eigenvalue weighted by Crippen LogP contribution is -2.23. The zero-order chi connectivity index (χ0) is 21.3. The topological polar surface area (TPSA) is 81.3 Å². The number of aryl methyl sites for hydroxylation is 2. The summed E-state index contributed by atoms with van der Waals surface area (Å²) in [6.45, 7) is 4.51. The molecule has 0 unspecified atom stereocenters. The number of aromatic nitrogens is 4. The third-order valence-electron chi connectivity index (χ3n) is 4.72. The minimum atomic E-state index is -0.131. The number of fused-ring (bicyclic) bond motifs is 3. The molecule has 0 radical (unpaired) electrons. The van der Waals surface area contributed by atoms with Crippen LogP contribution in [0.2, 0.25) is 0 Å². The number of thioether (sulfide) groups is 1. The zero-order valence-corrected chi connectivity index (χ0v) is 19.0. The molecule has 0 atom stereocenters. The first kappa shape index (κ1) is 20.6. The van der Waals surface area contributed by atoms with Crippen LogP contribution < -0.4 is 10.9 Å². The number of carbonyl (C=O) groups excluding carboxylic acids is 1. The Morgan fingerprint density at radius 3 is 2.77 bits per heavy atom. The van der Waals surface area contributed by atoms with E-state index in [0.29, 0.717) is 22.9 Å². The molecule has 0 saturated heterocycles. The largest absolute Gasteiger partial charge is 0.325 e. The second-order valence-electron chi connectivity index (χ2n) is 6.89. The Morgan fingerprint density at radius 1 is 1.20 bits per heavy atom. The average Bonchev–Trinajstić information content (AvgIpc) is 3.16. The molecule has 0 saturated carbocycles. The maximum absolute atomic E-state index is 12.9. The van der Waals surface area contributed by atoms with E-state index in [1.165, 1.54) is 11.8 Å². The predicted octanol–water partition coefficient (Wildman–Crippen LogP) is 4.26. The Kier molecular flexibility index (Phi) is 5.92. The summed E-state index contributed by atoms with van der Waals surface area (Å²) in [4.78, 5) is 25.4. The van der Waals surface area contributed by atoms with Crippen molar-refractivity contribution in [2.75, 3.05) is 11.1 Å². The van der Waals surface area contributed by atoms with Crippen LogP contribution >= 0.6 is 27.7 Å². The first-order valence-corrected chi connectivity index (χ1v) is 11.3. The monoisotopic (exact) mass is 485 g/mol. The van der Waals surface area contributed by atoms with E-state index in [1.54, 1.807) is 10.6 Å². The van der Waals surface area contributed by atoms with Gasteiger partial charge in [0.1, 0.15) is 0 Å². The second kappa shape index (κ2) is 8.61. The smallest absolute Gasteiger partial charge is 0.262 e. The van der Waals surface area contributed by atoms with Gasteiger partial charge in [0.2, 0.25) is 11.7 Å². The molecule has 1 amide bonds. The summed E-state index contributed by atoms with van der Waals surface area (Å²) >= 11 is 4.72. The van der Waals surface area contributed by atoms with E-state index in [4.69, 9.17) is 0 Å². The van der Waals surface area contributed by atoms with E-state index in [9.17, 15) is 9.59 Å². The van der Waals surface area contributed by atoms with Crippen LogP contribution in [0.5, 0.6) is 0 Å². The van der Waals surface area contributed by atoms with E-state index in [0.717, 1.165) is 27.7 Å². The number of benzene rings is 2. The van der Waals surface area contributed by atoms with Crippen molar-refractivity contribution in [1.82, 2.24) is 19.2 Å². The molecule has 4 aromatic rings. The van der Waals surface area contributed by atoms with Gasteiger partial charge < -0.3 is 5.32 Å². The molecule has 2 aromatic carbocycles. The van der Waals surface area contributed by atoms with Crippen LogP contribution in [0.15, 0.2) is 56.9 Å². The summed E-state index contributed by atoms with van der Waals surface area (Å²) in [6, 6.07) is 13.1. The number of anilines is 1. The minimum absolute atomic E-state index is 0.0765. The summed E-state index contributed by atoms with van der Waals surface area (Å²) < 4.78 is 4.46. The molecular weight excluding hydrogens is 466 g/mol. The van der Waals surface area contributed by atoms with Crippen LogP contribution in [0.25, 0.3) is 16.7 Å². The van der Waals surface area contributed by atoms with E-state index < -0.39 is 0 Å². The predicted molar refractivity (Wildman–Crippen MR) is 123 cm³/mol. The maximum atomic E-state index is 12.9. The van der Waals surface area contributed by atoms with E-state index >= 15 is 0 Å². The number of carbonyl (C=O) groups is 1. The quantitative estimate of drug-likeness (QED) is 0.412. The molecule has 0 fully saturated rings. The highest BCUT2D eigenvalue weighted by Crippen LogP contribution is 2.23. The van der Waals surface area contributed by atoms with Gasteiger partial charge in [-0.1, -0.05) is 46.7 Å². The van der Waals surface area contributed by atoms with E-state index in [-0.39, 0.29) is 17.2 Å². The average molecular weight is 486 g/mol. The molecule has 0 aliphatic carbocycles. The Balaban J connectivity index is 1.65. The number of para-hydroxylation sites is 1. The van der Waals surface area contributed by atoms with Crippen molar-refractivity contribution in [2.45, 2.75) is 32.0 Å². The summed E-state index contributed by atoms with van der Waals surface area (Å²) in [6.07, 6.45) is 0.804. The summed E-state index contributed by atoms with van der Waals surface area (Å²) in [5, 5.41) is 12.6. The number of nitrogens with zero attached hydrogens (tertiary/aromatic N) is 4. The van der Waals surface area contributed by atoms with Gasteiger partial charge in [-0.3, -0.25) is 18.6 Å². The maximum Gasteiger partial charge on any atom is 0.262 e. The summed E-state index contributed by atoms with van der Waals surface area (Å²) in [5.74, 6) is 0.540. The van der Waals surface area contributed by atoms with Crippen molar-refractivity contribution >= 4 is 56.0 Å². The number of rotatable bonds is 6. The van der Waals surface area contributed by atoms with Crippen LogP contribution in [0.1, 0.15) is 18.9 Å². The van der Waals surface area contributed by atoms with Crippen molar-refractivity contribution in [3.63, 3.8) is 0 Å². The van der Waals surface area contributed by atoms with Gasteiger partial charge in [0.25, 0.3) is 5.56 Å². The van der Waals surface area contributed by atoms with Crippen molar-refractivity contribution in [1.29, 1.82) is 0 Å². The van der Waals surface area contributed by atoms with E-state index in [2.05, 4.69) is 31.4 Å². The molecule has 0 spiro atoms. The molecule has 7 nitrogen and oxygen atoms in total. The van der Waals surface area contributed by atoms with Gasteiger partial charge in [-0.15, -0.1) is 10.2 Å². The van der Waals surface area contributed by atoms with Crippen molar-refractivity contribution in [2.24, 2.45) is 0 Å². The molecule has 2 aromatic heterocycles. The van der Waals surface area contributed by atoms with Crippen molar-refractivity contribution in [3.05, 3.63) is 62.9 Å². The lowest BCUT2D eigenvalue weighted by Gasteiger charge is -2.11. The lowest BCUT2D eigenvalue weighted by molar-refractivity contribution is -0.113. The fourth-order valence-electron chi connectivity index (χ4n) is 3.34. The highest BCUT2D eigenvalue weighted by Gasteiger charge is 2.17. The number of hydrogen-bond donors (Lipinski definition) is 1. The highest BCUT2D eigenvalue weighted by molar-refractivity contribution is 9.10. The number of hydrogen-bond acceptors (Lipinski definition) is 5. The van der Waals surface area contributed by atoms with Gasteiger partial charge >= 0.3 is 0 Å². The van der Waals surface area contributed by atoms with Crippen LogP contribution in [-0.4, -0.2) is 30.8 Å². The third kappa shape index (κ3) is 3.87. The minimum Gasteiger partial charge on any atom is -0.325 e. The molecule has 30 heavy (non-hydrogen) atoms.